The van der Waals surface area contributed by atoms with Crippen LogP contribution in [0, 0.1) is 6.92 Å². The van der Waals surface area contributed by atoms with Crippen LogP contribution in [0.3, 0.4) is 0 Å². The standard InChI is InChI=1S/C23H28N4O3/c1-17-14-18(6-7-21(17)27-9-8-24-23(27)29)22(28)25-15-19-4-2-3-5-20(19)16-26-10-12-30-13-11-26/h2-7,14H,8-13,15-16H2,1H3,(H,24,29)(H,25,28). The summed E-state index contributed by atoms with van der Waals surface area (Å²) < 4.78 is 5.43. The van der Waals surface area contributed by atoms with E-state index in [0.717, 1.165) is 49.7 Å². The van der Waals surface area contributed by atoms with E-state index in [1.807, 2.05) is 31.2 Å². The van der Waals surface area contributed by atoms with E-state index in [0.29, 0.717) is 25.2 Å². The number of urea groups is 1. The Morgan fingerprint density at radius 1 is 1.10 bits per heavy atom. The largest absolute Gasteiger partial charge is 0.379 e. The molecule has 158 valence electrons. The highest BCUT2D eigenvalue weighted by Crippen LogP contribution is 2.23. The van der Waals surface area contributed by atoms with Crippen molar-refractivity contribution in [2.75, 3.05) is 44.3 Å². The molecular weight excluding hydrogens is 380 g/mol. The monoisotopic (exact) mass is 408 g/mol. The van der Waals surface area contributed by atoms with E-state index in [-0.39, 0.29) is 11.9 Å². The lowest BCUT2D eigenvalue weighted by Gasteiger charge is -2.27. The van der Waals surface area contributed by atoms with Gasteiger partial charge in [-0.1, -0.05) is 24.3 Å². The average molecular weight is 409 g/mol. The summed E-state index contributed by atoms with van der Waals surface area (Å²) in [4.78, 5) is 28.7. The number of hydrogen-bond acceptors (Lipinski definition) is 4. The number of carbonyl (C=O) groups excluding carboxylic acids is 2. The zero-order valence-corrected chi connectivity index (χ0v) is 17.3. The topological polar surface area (TPSA) is 73.9 Å². The van der Waals surface area contributed by atoms with E-state index in [2.05, 4.69) is 27.7 Å². The van der Waals surface area contributed by atoms with Gasteiger partial charge in [0.1, 0.15) is 0 Å². The molecule has 2 heterocycles. The Hall–Kier alpha value is -2.90. The molecule has 2 saturated heterocycles. The SMILES string of the molecule is Cc1cc(C(=O)NCc2ccccc2CN2CCOCC2)ccc1N1CCNC1=O. The molecule has 2 aromatic rings. The molecule has 0 radical (unpaired) electrons. The Morgan fingerprint density at radius 2 is 1.87 bits per heavy atom. The Labute approximate surface area is 177 Å². The lowest BCUT2D eigenvalue weighted by atomic mass is 10.1. The summed E-state index contributed by atoms with van der Waals surface area (Å²) in [5.74, 6) is -0.114. The Morgan fingerprint density at radius 3 is 2.57 bits per heavy atom. The number of morpholine rings is 1. The minimum absolute atomic E-state index is 0.0906. The maximum Gasteiger partial charge on any atom is 0.322 e. The van der Waals surface area contributed by atoms with E-state index >= 15 is 0 Å². The quantitative estimate of drug-likeness (QED) is 0.769. The van der Waals surface area contributed by atoms with Crippen LogP contribution >= 0.6 is 0 Å². The summed E-state index contributed by atoms with van der Waals surface area (Å²) in [6.07, 6.45) is 0. The van der Waals surface area contributed by atoms with Crippen molar-refractivity contribution in [1.82, 2.24) is 15.5 Å². The number of ether oxygens (including phenoxy) is 1. The van der Waals surface area contributed by atoms with Crippen molar-refractivity contribution in [3.63, 3.8) is 0 Å². The summed E-state index contributed by atoms with van der Waals surface area (Å²) in [5, 5.41) is 5.85. The molecule has 7 heteroatoms. The fourth-order valence-electron chi connectivity index (χ4n) is 3.96. The van der Waals surface area contributed by atoms with Gasteiger partial charge >= 0.3 is 6.03 Å². The van der Waals surface area contributed by atoms with Crippen molar-refractivity contribution in [2.24, 2.45) is 0 Å². The molecule has 4 rings (SSSR count). The molecule has 0 bridgehead atoms. The smallest absolute Gasteiger partial charge is 0.322 e. The highest BCUT2D eigenvalue weighted by atomic mass is 16.5. The zero-order chi connectivity index (χ0) is 20.9. The summed E-state index contributed by atoms with van der Waals surface area (Å²) >= 11 is 0. The van der Waals surface area contributed by atoms with Crippen molar-refractivity contribution in [1.29, 1.82) is 0 Å². The second-order valence-electron chi connectivity index (χ2n) is 7.72. The van der Waals surface area contributed by atoms with Crippen LogP contribution in [0.1, 0.15) is 27.0 Å². The third kappa shape index (κ3) is 4.63. The Bertz CT molecular complexity index is 924. The molecule has 3 amide bonds. The summed E-state index contributed by atoms with van der Waals surface area (Å²) in [7, 11) is 0. The van der Waals surface area contributed by atoms with Crippen LogP contribution in [0.25, 0.3) is 0 Å². The van der Waals surface area contributed by atoms with Crippen LogP contribution in [0.4, 0.5) is 10.5 Å². The minimum Gasteiger partial charge on any atom is -0.379 e. The van der Waals surface area contributed by atoms with Gasteiger partial charge in [-0.2, -0.15) is 0 Å². The van der Waals surface area contributed by atoms with Crippen LogP contribution < -0.4 is 15.5 Å². The number of carbonyl (C=O) groups is 2. The van der Waals surface area contributed by atoms with Gasteiger partial charge in [0.25, 0.3) is 5.91 Å². The average Bonchev–Trinajstić information content (AvgIpc) is 3.19. The van der Waals surface area contributed by atoms with Gasteiger partial charge in [0.05, 0.1) is 13.2 Å². The van der Waals surface area contributed by atoms with Crippen LogP contribution in [0.15, 0.2) is 42.5 Å². The molecule has 0 spiro atoms. The maximum absolute atomic E-state index is 12.7. The number of benzene rings is 2. The summed E-state index contributed by atoms with van der Waals surface area (Å²) in [5.41, 5.74) is 4.71. The molecule has 30 heavy (non-hydrogen) atoms. The maximum atomic E-state index is 12.7. The fourth-order valence-corrected chi connectivity index (χ4v) is 3.96. The molecule has 2 aliphatic rings. The molecular formula is C23H28N4O3. The van der Waals surface area contributed by atoms with Gasteiger partial charge in [-0.3, -0.25) is 14.6 Å². The molecule has 0 atom stereocenters. The number of nitrogens with one attached hydrogen (secondary N) is 2. The van der Waals surface area contributed by atoms with E-state index in [9.17, 15) is 9.59 Å². The number of hydrogen-bond donors (Lipinski definition) is 2. The normalized spacial score (nSPS) is 17.1. The highest BCUT2D eigenvalue weighted by molar-refractivity contribution is 5.97. The van der Waals surface area contributed by atoms with Gasteiger partial charge in [0, 0.05) is 50.5 Å². The Kier molecular flexibility index (Phi) is 6.30. The van der Waals surface area contributed by atoms with Gasteiger partial charge in [0.15, 0.2) is 0 Å². The summed E-state index contributed by atoms with van der Waals surface area (Å²) in [6.45, 7) is 7.96. The number of nitrogens with zero attached hydrogens (tertiary/aromatic N) is 2. The molecule has 7 nitrogen and oxygen atoms in total. The zero-order valence-electron chi connectivity index (χ0n) is 17.3. The second-order valence-corrected chi connectivity index (χ2v) is 7.72. The van der Waals surface area contributed by atoms with E-state index < -0.39 is 0 Å². The van der Waals surface area contributed by atoms with Crippen LogP contribution in [0.5, 0.6) is 0 Å². The first-order chi connectivity index (χ1) is 14.6. The molecule has 2 N–H and O–H groups in total. The van der Waals surface area contributed by atoms with Gasteiger partial charge in [0.2, 0.25) is 0 Å². The van der Waals surface area contributed by atoms with E-state index in [1.54, 1.807) is 11.0 Å². The summed E-state index contributed by atoms with van der Waals surface area (Å²) in [6, 6.07) is 13.6. The van der Waals surface area contributed by atoms with Crippen molar-refractivity contribution >= 4 is 17.6 Å². The molecule has 2 aliphatic heterocycles. The van der Waals surface area contributed by atoms with Crippen molar-refractivity contribution in [2.45, 2.75) is 20.0 Å². The number of rotatable bonds is 6. The number of anilines is 1. The van der Waals surface area contributed by atoms with Gasteiger partial charge in [-0.15, -0.1) is 0 Å². The van der Waals surface area contributed by atoms with Crippen LogP contribution in [-0.2, 0) is 17.8 Å². The second kappa shape index (κ2) is 9.28. The Balaban J connectivity index is 1.40. The predicted molar refractivity (Wildman–Crippen MR) is 116 cm³/mol. The first kappa shape index (κ1) is 20.4. The third-order valence-corrected chi connectivity index (χ3v) is 5.66. The predicted octanol–water partition coefficient (Wildman–Crippen LogP) is 2.29. The van der Waals surface area contributed by atoms with Crippen LogP contribution in [0.2, 0.25) is 0 Å². The van der Waals surface area contributed by atoms with Crippen molar-refractivity contribution in [3.05, 3.63) is 64.7 Å². The molecule has 0 saturated carbocycles. The fraction of sp³-hybridized carbons (Fsp3) is 0.391. The number of aryl methyl sites for hydroxylation is 1. The number of amides is 3. The molecule has 2 aromatic carbocycles. The lowest BCUT2D eigenvalue weighted by molar-refractivity contribution is 0.0340. The first-order valence-electron chi connectivity index (χ1n) is 10.4. The van der Waals surface area contributed by atoms with Gasteiger partial charge in [-0.25, -0.2) is 4.79 Å². The molecule has 0 unspecified atom stereocenters. The van der Waals surface area contributed by atoms with E-state index in [1.165, 1.54) is 5.56 Å². The third-order valence-electron chi connectivity index (χ3n) is 5.66. The van der Waals surface area contributed by atoms with Crippen molar-refractivity contribution in [3.8, 4) is 0 Å². The lowest BCUT2D eigenvalue weighted by Crippen LogP contribution is -2.36. The highest BCUT2D eigenvalue weighted by Gasteiger charge is 2.23. The van der Waals surface area contributed by atoms with Crippen LogP contribution in [-0.4, -0.2) is 56.2 Å². The van der Waals surface area contributed by atoms with E-state index in [4.69, 9.17) is 4.74 Å². The minimum atomic E-state index is -0.114. The van der Waals surface area contributed by atoms with Crippen molar-refractivity contribution < 1.29 is 14.3 Å². The first-order valence-corrected chi connectivity index (χ1v) is 10.4. The molecule has 0 aromatic heterocycles. The van der Waals surface area contributed by atoms with Gasteiger partial charge in [-0.05, 0) is 41.8 Å². The molecule has 2 fully saturated rings. The molecule has 0 aliphatic carbocycles. The van der Waals surface area contributed by atoms with Gasteiger partial charge < -0.3 is 15.4 Å².